The second-order valence-corrected chi connectivity index (χ2v) is 6.10. The van der Waals surface area contributed by atoms with Gasteiger partial charge in [-0.05, 0) is 30.3 Å². The van der Waals surface area contributed by atoms with E-state index in [1.807, 2.05) is 0 Å². The highest BCUT2D eigenvalue weighted by Crippen LogP contribution is 2.36. The van der Waals surface area contributed by atoms with Gasteiger partial charge in [0.25, 0.3) is 5.91 Å². The van der Waals surface area contributed by atoms with Crippen molar-refractivity contribution >= 4 is 28.4 Å². The molecule has 0 saturated carbocycles. The van der Waals surface area contributed by atoms with Gasteiger partial charge in [-0.3, -0.25) is 14.6 Å². The number of amides is 2. The molecule has 0 aliphatic carbocycles. The number of carbonyl (C=O) groups is 2. The van der Waals surface area contributed by atoms with Crippen molar-refractivity contribution in [3.63, 3.8) is 0 Å². The van der Waals surface area contributed by atoms with E-state index in [4.69, 9.17) is 14.2 Å². The molecule has 0 atom stereocenters. The molecule has 0 fully saturated rings. The molecule has 0 bridgehead atoms. The number of aromatic nitrogens is 1. The van der Waals surface area contributed by atoms with Crippen LogP contribution in [0.4, 0.5) is 5.69 Å². The highest BCUT2D eigenvalue weighted by atomic mass is 16.5. The van der Waals surface area contributed by atoms with Crippen molar-refractivity contribution in [2.75, 3.05) is 26.6 Å². The highest BCUT2D eigenvalue weighted by molar-refractivity contribution is 6.01. The number of nitrogens with one attached hydrogen (secondary N) is 2. The third-order valence-electron chi connectivity index (χ3n) is 4.21. The molecule has 0 aliphatic rings. The SMILES string of the molecule is CNC(=O)c1cc2nccc(Oc3ccc(NC(C)=O)c(OC)c3)c2cc1OC. The fraction of sp³-hybridized carbons (Fsp3) is 0.190. The molecule has 3 rings (SSSR count). The maximum atomic E-state index is 12.1. The van der Waals surface area contributed by atoms with E-state index in [2.05, 4.69) is 15.6 Å². The minimum absolute atomic E-state index is 0.198. The molecule has 8 nitrogen and oxygen atoms in total. The molecule has 150 valence electrons. The van der Waals surface area contributed by atoms with E-state index in [1.165, 1.54) is 21.1 Å². The van der Waals surface area contributed by atoms with E-state index in [0.29, 0.717) is 45.2 Å². The van der Waals surface area contributed by atoms with Crippen molar-refractivity contribution in [3.8, 4) is 23.0 Å². The molecule has 0 unspecified atom stereocenters. The number of rotatable bonds is 6. The number of benzene rings is 2. The molecule has 29 heavy (non-hydrogen) atoms. The van der Waals surface area contributed by atoms with Gasteiger partial charge in [-0.2, -0.15) is 0 Å². The average Bonchev–Trinajstić information content (AvgIpc) is 2.73. The lowest BCUT2D eigenvalue weighted by molar-refractivity contribution is -0.114. The van der Waals surface area contributed by atoms with Crippen LogP contribution in [0.25, 0.3) is 10.9 Å². The fourth-order valence-corrected chi connectivity index (χ4v) is 2.87. The topological polar surface area (TPSA) is 98.8 Å². The molecule has 3 aromatic rings. The summed E-state index contributed by atoms with van der Waals surface area (Å²) in [5.74, 6) is 1.46. The van der Waals surface area contributed by atoms with E-state index in [1.54, 1.807) is 49.6 Å². The van der Waals surface area contributed by atoms with E-state index < -0.39 is 0 Å². The number of pyridine rings is 1. The minimum atomic E-state index is -0.268. The van der Waals surface area contributed by atoms with Gasteiger partial charge in [0.15, 0.2) is 0 Å². The third-order valence-corrected chi connectivity index (χ3v) is 4.21. The molecule has 0 radical (unpaired) electrons. The molecule has 2 amide bonds. The fourth-order valence-electron chi connectivity index (χ4n) is 2.87. The molecule has 2 N–H and O–H groups in total. The summed E-state index contributed by atoms with van der Waals surface area (Å²) in [6, 6.07) is 10.2. The monoisotopic (exact) mass is 395 g/mol. The standard InChI is InChI=1S/C21H21N3O5/c1-12(25)24-16-6-5-13(9-20(16)28-4)29-18-7-8-23-17-10-15(21(26)22-2)19(27-3)11-14(17)18/h5-11H,1-4H3,(H,22,26)(H,24,25). The Morgan fingerprint density at radius 3 is 2.38 bits per heavy atom. The minimum Gasteiger partial charge on any atom is -0.496 e. The first kappa shape index (κ1) is 19.9. The van der Waals surface area contributed by atoms with E-state index in [0.717, 1.165) is 0 Å². The van der Waals surface area contributed by atoms with E-state index >= 15 is 0 Å². The summed E-state index contributed by atoms with van der Waals surface area (Å²) in [5, 5.41) is 5.97. The van der Waals surface area contributed by atoms with Crippen LogP contribution in [0.2, 0.25) is 0 Å². The summed E-state index contributed by atoms with van der Waals surface area (Å²) in [5.41, 5.74) is 1.51. The lowest BCUT2D eigenvalue weighted by Gasteiger charge is -2.14. The first-order chi connectivity index (χ1) is 14.0. The molecule has 8 heteroatoms. The smallest absolute Gasteiger partial charge is 0.254 e. The summed E-state index contributed by atoms with van der Waals surface area (Å²) < 4.78 is 16.7. The normalized spacial score (nSPS) is 10.3. The molecule has 1 heterocycles. The van der Waals surface area contributed by atoms with Crippen LogP contribution in [0.15, 0.2) is 42.6 Å². The molecule has 0 spiro atoms. The van der Waals surface area contributed by atoms with Gasteiger partial charge in [0.2, 0.25) is 5.91 Å². The molecule has 0 saturated heterocycles. The number of methoxy groups -OCH3 is 2. The van der Waals surface area contributed by atoms with Gasteiger partial charge < -0.3 is 24.8 Å². The maximum Gasteiger partial charge on any atom is 0.254 e. The largest absolute Gasteiger partial charge is 0.496 e. The first-order valence-electron chi connectivity index (χ1n) is 8.79. The van der Waals surface area contributed by atoms with Crippen molar-refractivity contribution in [2.45, 2.75) is 6.92 Å². The number of fused-ring (bicyclic) bond motifs is 1. The van der Waals surface area contributed by atoms with Crippen LogP contribution in [0, 0.1) is 0 Å². The number of hydrogen-bond acceptors (Lipinski definition) is 6. The van der Waals surface area contributed by atoms with Gasteiger partial charge in [0.05, 0.1) is 31.0 Å². The number of hydrogen-bond donors (Lipinski definition) is 2. The van der Waals surface area contributed by atoms with Crippen LogP contribution in [0.1, 0.15) is 17.3 Å². The van der Waals surface area contributed by atoms with Gasteiger partial charge in [-0.25, -0.2) is 0 Å². The van der Waals surface area contributed by atoms with Crippen LogP contribution in [-0.2, 0) is 4.79 Å². The zero-order valence-electron chi connectivity index (χ0n) is 16.5. The zero-order chi connectivity index (χ0) is 21.0. The summed E-state index contributed by atoms with van der Waals surface area (Å²) >= 11 is 0. The van der Waals surface area contributed by atoms with Gasteiger partial charge in [0, 0.05) is 31.6 Å². The van der Waals surface area contributed by atoms with Crippen molar-refractivity contribution < 1.29 is 23.8 Å². The Hall–Kier alpha value is -3.81. The molecular formula is C21H21N3O5. The lowest BCUT2D eigenvalue weighted by atomic mass is 10.1. The van der Waals surface area contributed by atoms with Gasteiger partial charge in [-0.15, -0.1) is 0 Å². The van der Waals surface area contributed by atoms with E-state index in [9.17, 15) is 9.59 Å². The number of anilines is 1. The van der Waals surface area contributed by atoms with Gasteiger partial charge in [0.1, 0.15) is 23.0 Å². The Morgan fingerprint density at radius 1 is 0.966 bits per heavy atom. The third kappa shape index (κ3) is 4.21. The highest BCUT2D eigenvalue weighted by Gasteiger charge is 2.16. The quantitative estimate of drug-likeness (QED) is 0.664. The Bertz CT molecular complexity index is 1080. The summed E-state index contributed by atoms with van der Waals surface area (Å²) in [7, 11) is 4.56. The molecule has 1 aromatic heterocycles. The van der Waals surface area contributed by atoms with Crippen molar-refractivity contribution in [2.24, 2.45) is 0 Å². The zero-order valence-corrected chi connectivity index (χ0v) is 16.5. The molecular weight excluding hydrogens is 374 g/mol. The number of ether oxygens (including phenoxy) is 3. The van der Waals surface area contributed by atoms with Crippen LogP contribution in [0.5, 0.6) is 23.0 Å². The Labute approximate surface area is 167 Å². The number of carbonyl (C=O) groups excluding carboxylic acids is 2. The summed E-state index contributed by atoms with van der Waals surface area (Å²) in [6.07, 6.45) is 1.60. The van der Waals surface area contributed by atoms with Crippen LogP contribution in [0.3, 0.4) is 0 Å². The lowest BCUT2D eigenvalue weighted by Crippen LogP contribution is -2.18. The van der Waals surface area contributed by atoms with E-state index in [-0.39, 0.29) is 11.8 Å². The Morgan fingerprint density at radius 2 is 1.72 bits per heavy atom. The predicted molar refractivity (Wildman–Crippen MR) is 109 cm³/mol. The Balaban J connectivity index is 2.02. The second kappa shape index (κ2) is 8.47. The second-order valence-electron chi connectivity index (χ2n) is 6.10. The van der Waals surface area contributed by atoms with Crippen LogP contribution < -0.4 is 24.8 Å². The maximum absolute atomic E-state index is 12.1. The van der Waals surface area contributed by atoms with Crippen molar-refractivity contribution in [1.29, 1.82) is 0 Å². The average molecular weight is 395 g/mol. The van der Waals surface area contributed by atoms with Gasteiger partial charge in [-0.1, -0.05) is 0 Å². The predicted octanol–water partition coefficient (Wildman–Crippen LogP) is 3.36. The van der Waals surface area contributed by atoms with Gasteiger partial charge >= 0.3 is 0 Å². The summed E-state index contributed by atoms with van der Waals surface area (Å²) in [6.45, 7) is 1.42. The van der Waals surface area contributed by atoms with Crippen molar-refractivity contribution in [1.82, 2.24) is 10.3 Å². The number of nitrogens with zero attached hydrogens (tertiary/aromatic N) is 1. The Kier molecular flexibility index (Phi) is 5.82. The molecule has 2 aromatic carbocycles. The first-order valence-corrected chi connectivity index (χ1v) is 8.79. The molecule has 0 aliphatic heterocycles. The van der Waals surface area contributed by atoms with Crippen molar-refractivity contribution in [3.05, 3.63) is 48.2 Å². The van der Waals surface area contributed by atoms with Crippen LogP contribution in [-0.4, -0.2) is 38.1 Å². The van der Waals surface area contributed by atoms with Crippen LogP contribution >= 0.6 is 0 Å². The summed E-state index contributed by atoms with van der Waals surface area (Å²) in [4.78, 5) is 27.7.